The van der Waals surface area contributed by atoms with Gasteiger partial charge in [-0.1, -0.05) is 36.8 Å². The van der Waals surface area contributed by atoms with Gasteiger partial charge in [0.05, 0.1) is 5.69 Å². The Morgan fingerprint density at radius 3 is 2.76 bits per heavy atom. The van der Waals surface area contributed by atoms with E-state index < -0.39 is 0 Å². The van der Waals surface area contributed by atoms with Gasteiger partial charge >= 0.3 is 0 Å². The number of hydrogen-bond acceptors (Lipinski definition) is 1. The first-order valence-corrected chi connectivity index (χ1v) is 6.35. The number of aromatic nitrogens is 2. The molecule has 0 saturated heterocycles. The third-order valence-electron chi connectivity index (χ3n) is 3.58. The summed E-state index contributed by atoms with van der Waals surface area (Å²) < 4.78 is 2.32. The molecule has 0 aliphatic carbocycles. The molecular weight excluding hydrogens is 208 g/mol. The Balaban J connectivity index is 1.97. The molecule has 1 aliphatic heterocycles. The van der Waals surface area contributed by atoms with E-state index in [0.717, 1.165) is 24.6 Å². The van der Waals surface area contributed by atoms with Gasteiger partial charge in [-0.3, -0.25) is 0 Å². The van der Waals surface area contributed by atoms with Crippen molar-refractivity contribution in [2.24, 2.45) is 5.92 Å². The van der Waals surface area contributed by atoms with Crippen molar-refractivity contribution < 1.29 is 0 Å². The van der Waals surface area contributed by atoms with Gasteiger partial charge in [-0.05, 0) is 19.3 Å². The summed E-state index contributed by atoms with van der Waals surface area (Å²) in [5.74, 6) is 2.03. The van der Waals surface area contributed by atoms with Crippen molar-refractivity contribution >= 4 is 0 Å². The van der Waals surface area contributed by atoms with Crippen LogP contribution in [0.1, 0.15) is 24.7 Å². The topological polar surface area (TPSA) is 17.8 Å². The molecule has 1 aromatic carbocycles. The number of benzene rings is 1. The lowest BCUT2D eigenvalue weighted by Crippen LogP contribution is -2.17. The predicted molar refractivity (Wildman–Crippen MR) is 69.9 cm³/mol. The minimum atomic E-state index is 0.780. The first-order valence-electron chi connectivity index (χ1n) is 6.35. The van der Waals surface area contributed by atoms with Crippen molar-refractivity contribution in [2.75, 3.05) is 0 Å². The second-order valence-corrected chi connectivity index (χ2v) is 5.20. The summed E-state index contributed by atoms with van der Waals surface area (Å²) in [4.78, 5) is 4.75. The monoisotopic (exact) mass is 226 g/mol. The van der Waals surface area contributed by atoms with Crippen LogP contribution >= 0.6 is 0 Å². The summed E-state index contributed by atoms with van der Waals surface area (Å²) >= 11 is 0. The Bertz CT molecular complexity index is 522. The second kappa shape index (κ2) is 4.02. The number of imidazole rings is 1. The van der Waals surface area contributed by atoms with Crippen LogP contribution in [0.2, 0.25) is 0 Å². The van der Waals surface area contributed by atoms with Crippen molar-refractivity contribution in [2.45, 2.75) is 33.2 Å². The highest BCUT2D eigenvalue weighted by molar-refractivity contribution is 5.59. The average Bonchev–Trinajstić information content (AvgIpc) is 2.72. The normalized spacial score (nSPS) is 19.1. The molecule has 3 rings (SSSR count). The maximum Gasteiger partial charge on any atom is 0.109 e. The maximum atomic E-state index is 4.75. The van der Waals surface area contributed by atoms with E-state index in [2.05, 4.69) is 48.9 Å². The quantitative estimate of drug-likeness (QED) is 0.728. The molecule has 0 saturated carbocycles. The van der Waals surface area contributed by atoms with E-state index in [0.29, 0.717) is 0 Å². The maximum absolute atomic E-state index is 4.75. The van der Waals surface area contributed by atoms with Gasteiger partial charge in [0.2, 0.25) is 0 Å². The summed E-state index contributed by atoms with van der Waals surface area (Å²) in [6.45, 7) is 5.55. The van der Waals surface area contributed by atoms with Crippen LogP contribution in [0.25, 0.3) is 11.3 Å². The van der Waals surface area contributed by atoms with Crippen molar-refractivity contribution in [3.05, 3.63) is 41.9 Å². The van der Waals surface area contributed by atoms with Gasteiger partial charge in [-0.15, -0.1) is 0 Å². The molecule has 0 unspecified atom stereocenters. The lowest BCUT2D eigenvalue weighted by Gasteiger charge is -2.19. The van der Waals surface area contributed by atoms with E-state index in [1.165, 1.54) is 23.4 Å². The number of hydrogen-bond donors (Lipinski definition) is 0. The van der Waals surface area contributed by atoms with Gasteiger partial charge in [0.15, 0.2) is 0 Å². The van der Waals surface area contributed by atoms with Gasteiger partial charge in [0, 0.05) is 24.7 Å². The van der Waals surface area contributed by atoms with Crippen LogP contribution in [0.5, 0.6) is 0 Å². The lowest BCUT2D eigenvalue weighted by molar-refractivity contribution is 0.394. The molecule has 0 radical (unpaired) electrons. The second-order valence-electron chi connectivity index (χ2n) is 5.20. The number of aryl methyl sites for hydroxylation is 2. The highest BCUT2D eigenvalue weighted by Gasteiger charge is 2.17. The summed E-state index contributed by atoms with van der Waals surface area (Å²) in [5, 5.41) is 0. The Morgan fingerprint density at radius 2 is 2.00 bits per heavy atom. The lowest BCUT2D eigenvalue weighted by atomic mass is 10.0. The molecule has 0 fully saturated rings. The molecule has 0 amide bonds. The SMILES string of the molecule is Cc1ccc(-c2cn3c(n2)CC[C@H](C)C3)cc1. The van der Waals surface area contributed by atoms with Crippen molar-refractivity contribution in [3.63, 3.8) is 0 Å². The zero-order chi connectivity index (χ0) is 11.8. The van der Waals surface area contributed by atoms with Gasteiger partial charge in [0.1, 0.15) is 5.82 Å². The fourth-order valence-electron chi connectivity index (χ4n) is 2.48. The minimum Gasteiger partial charge on any atom is -0.334 e. The van der Waals surface area contributed by atoms with Crippen LogP contribution in [-0.4, -0.2) is 9.55 Å². The van der Waals surface area contributed by atoms with E-state index in [4.69, 9.17) is 4.98 Å². The molecule has 0 spiro atoms. The predicted octanol–water partition coefficient (Wildman–Crippen LogP) is 3.44. The largest absolute Gasteiger partial charge is 0.334 e. The smallest absolute Gasteiger partial charge is 0.109 e. The van der Waals surface area contributed by atoms with E-state index in [1.54, 1.807) is 0 Å². The fourth-order valence-corrected chi connectivity index (χ4v) is 2.48. The highest BCUT2D eigenvalue weighted by Crippen LogP contribution is 2.24. The standard InChI is InChI=1S/C15H18N2/c1-11-3-6-13(7-4-11)14-10-17-9-12(2)5-8-15(17)16-14/h3-4,6-7,10,12H,5,8-9H2,1-2H3/t12-/m0/s1. The van der Waals surface area contributed by atoms with Crippen LogP contribution in [0.3, 0.4) is 0 Å². The molecule has 2 nitrogen and oxygen atoms in total. The highest BCUT2D eigenvalue weighted by atomic mass is 15.1. The van der Waals surface area contributed by atoms with Gasteiger partial charge in [-0.2, -0.15) is 0 Å². The first kappa shape index (κ1) is 10.6. The van der Waals surface area contributed by atoms with Crippen molar-refractivity contribution in [1.29, 1.82) is 0 Å². The average molecular weight is 226 g/mol. The van der Waals surface area contributed by atoms with Crippen LogP contribution in [0.4, 0.5) is 0 Å². The third-order valence-corrected chi connectivity index (χ3v) is 3.58. The zero-order valence-corrected chi connectivity index (χ0v) is 10.5. The Morgan fingerprint density at radius 1 is 1.24 bits per heavy atom. The summed E-state index contributed by atoms with van der Waals surface area (Å²) in [6.07, 6.45) is 4.59. The molecule has 2 heterocycles. The minimum absolute atomic E-state index is 0.780. The van der Waals surface area contributed by atoms with Crippen LogP contribution in [0.15, 0.2) is 30.5 Å². The molecule has 88 valence electrons. The molecule has 0 bridgehead atoms. The van der Waals surface area contributed by atoms with Crippen LogP contribution in [0, 0.1) is 12.8 Å². The third kappa shape index (κ3) is 1.99. The molecular formula is C15H18N2. The van der Waals surface area contributed by atoms with E-state index in [-0.39, 0.29) is 0 Å². The molecule has 17 heavy (non-hydrogen) atoms. The van der Waals surface area contributed by atoms with E-state index >= 15 is 0 Å². The zero-order valence-electron chi connectivity index (χ0n) is 10.5. The molecule has 2 heteroatoms. The van der Waals surface area contributed by atoms with E-state index in [1.807, 2.05) is 0 Å². The Hall–Kier alpha value is -1.57. The van der Waals surface area contributed by atoms with Gasteiger partial charge in [-0.25, -0.2) is 4.98 Å². The fraction of sp³-hybridized carbons (Fsp3) is 0.400. The van der Waals surface area contributed by atoms with Gasteiger partial charge < -0.3 is 4.57 Å². The molecule has 0 N–H and O–H groups in total. The number of nitrogens with zero attached hydrogens (tertiary/aromatic N) is 2. The van der Waals surface area contributed by atoms with Crippen LogP contribution < -0.4 is 0 Å². The summed E-state index contributed by atoms with van der Waals surface area (Å²) in [6, 6.07) is 8.62. The molecule has 1 atom stereocenters. The van der Waals surface area contributed by atoms with Crippen molar-refractivity contribution in [1.82, 2.24) is 9.55 Å². The summed E-state index contributed by atoms with van der Waals surface area (Å²) in [7, 11) is 0. The number of fused-ring (bicyclic) bond motifs is 1. The summed E-state index contributed by atoms with van der Waals surface area (Å²) in [5.41, 5.74) is 3.64. The Kier molecular flexibility index (Phi) is 2.50. The molecule has 1 aliphatic rings. The van der Waals surface area contributed by atoms with Crippen molar-refractivity contribution in [3.8, 4) is 11.3 Å². The van der Waals surface area contributed by atoms with E-state index in [9.17, 15) is 0 Å². The molecule has 2 aromatic rings. The van der Waals surface area contributed by atoms with Gasteiger partial charge in [0.25, 0.3) is 0 Å². The molecule has 1 aromatic heterocycles. The first-order chi connectivity index (χ1) is 8.22. The number of rotatable bonds is 1. The van der Waals surface area contributed by atoms with Crippen LogP contribution in [-0.2, 0) is 13.0 Å². The Labute approximate surface area is 102 Å².